The summed E-state index contributed by atoms with van der Waals surface area (Å²) in [6.45, 7) is 4.23. The maximum atomic E-state index is 11.0. The molecule has 36 heavy (non-hydrogen) atoms. The lowest BCUT2D eigenvalue weighted by Gasteiger charge is -2.74. The SMILES string of the molecule is CO[C@]12CC[C@@]3(C[C@@H]1CNCc1ccccc1)[C@H]1Cc4ccc(O)c5c4[C@@]3(CCN1CC1CC1)[C@H]2O5. The number of hydrogen-bond donors (Lipinski definition) is 2. The molecule has 2 aromatic carbocycles. The molecule has 2 spiro atoms. The number of fused-ring (bicyclic) bond motifs is 2. The third-order valence-electron chi connectivity index (χ3n) is 11.4. The highest BCUT2D eigenvalue weighted by atomic mass is 16.6. The predicted octanol–water partition coefficient (Wildman–Crippen LogP) is 4.41. The molecule has 1 saturated heterocycles. The van der Waals surface area contributed by atoms with E-state index < -0.39 is 0 Å². The first-order chi connectivity index (χ1) is 17.6. The van der Waals surface area contributed by atoms with Crippen molar-refractivity contribution in [2.24, 2.45) is 17.3 Å². The summed E-state index contributed by atoms with van der Waals surface area (Å²) in [5, 5.41) is 14.8. The van der Waals surface area contributed by atoms with E-state index >= 15 is 0 Å². The molecule has 0 amide bonds. The average Bonchev–Trinajstić information content (AvgIpc) is 3.64. The van der Waals surface area contributed by atoms with E-state index in [1.807, 2.05) is 13.2 Å². The van der Waals surface area contributed by atoms with Crippen LogP contribution in [0.4, 0.5) is 0 Å². The van der Waals surface area contributed by atoms with Gasteiger partial charge in [-0.15, -0.1) is 0 Å². The molecule has 5 fully saturated rings. The number of phenolic OH excluding ortho intramolecular Hbond substituents is 1. The summed E-state index contributed by atoms with van der Waals surface area (Å²) in [5.41, 5.74) is 3.92. The molecule has 5 heteroatoms. The zero-order valence-electron chi connectivity index (χ0n) is 21.3. The molecule has 0 unspecified atom stereocenters. The van der Waals surface area contributed by atoms with Gasteiger partial charge in [-0.2, -0.15) is 0 Å². The monoisotopic (exact) mass is 486 g/mol. The van der Waals surface area contributed by atoms with Gasteiger partial charge in [0.2, 0.25) is 0 Å². The number of nitrogens with zero attached hydrogens (tertiary/aromatic N) is 1. The third-order valence-corrected chi connectivity index (χ3v) is 11.4. The Bertz CT molecular complexity index is 1200. The molecular weight excluding hydrogens is 448 g/mol. The van der Waals surface area contributed by atoms with Crippen LogP contribution >= 0.6 is 0 Å². The Labute approximate surface area is 214 Å². The largest absolute Gasteiger partial charge is 0.504 e. The van der Waals surface area contributed by atoms with E-state index in [0.29, 0.717) is 17.7 Å². The molecule has 2 N–H and O–H groups in total. The Balaban J connectivity index is 1.22. The molecule has 4 saturated carbocycles. The van der Waals surface area contributed by atoms with Gasteiger partial charge in [-0.05, 0) is 74.6 Å². The Morgan fingerprint density at radius 3 is 2.78 bits per heavy atom. The fourth-order valence-corrected chi connectivity index (χ4v) is 9.78. The first-order valence-electron chi connectivity index (χ1n) is 14.2. The maximum Gasteiger partial charge on any atom is 0.165 e. The van der Waals surface area contributed by atoms with E-state index in [9.17, 15) is 5.11 Å². The molecule has 0 radical (unpaired) electrons. The minimum Gasteiger partial charge on any atom is -0.504 e. The molecule has 6 atom stereocenters. The number of nitrogens with one attached hydrogen (secondary N) is 1. The molecule has 7 aliphatic rings. The minimum absolute atomic E-state index is 0.0195. The zero-order chi connectivity index (χ0) is 24.1. The van der Waals surface area contributed by atoms with Gasteiger partial charge in [0.1, 0.15) is 11.7 Å². The van der Waals surface area contributed by atoms with Crippen molar-refractivity contribution in [3.8, 4) is 11.5 Å². The van der Waals surface area contributed by atoms with Crippen molar-refractivity contribution >= 4 is 0 Å². The molecule has 0 aromatic heterocycles. The van der Waals surface area contributed by atoms with E-state index in [0.717, 1.165) is 50.6 Å². The van der Waals surface area contributed by atoms with Crippen molar-refractivity contribution in [2.75, 3.05) is 26.7 Å². The molecule has 5 aliphatic carbocycles. The molecule has 9 rings (SSSR count). The van der Waals surface area contributed by atoms with Gasteiger partial charge in [0.25, 0.3) is 0 Å². The van der Waals surface area contributed by atoms with Crippen LogP contribution in [-0.2, 0) is 23.1 Å². The van der Waals surface area contributed by atoms with E-state index in [4.69, 9.17) is 9.47 Å². The second-order valence-corrected chi connectivity index (χ2v) is 12.7. The highest BCUT2D eigenvalue weighted by molar-refractivity contribution is 5.63. The summed E-state index contributed by atoms with van der Waals surface area (Å²) in [7, 11) is 1.91. The van der Waals surface area contributed by atoms with Gasteiger partial charge in [-0.3, -0.25) is 4.90 Å². The number of piperidine rings is 1. The Morgan fingerprint density at radius 2 is 1.97 bits per heavy atom. The predicted molar refractivity (Wildman–Crippen MR) is 138 cm³/mol. The van der Waals surface area contributed by atoms with Crippen LogP contribution in [0.2, 0.25) is 0 Å². The Hall–Kier alpha value is -2.08. The molecule has 4 bridgehead atoms. The van der Waals surface area contributed by atoms with Gasteiger partial charge in [-0.1, -0.05) is 36.4 Å². The molecule has 190 valence electrons. The Morgan fingerprint density at radius 1 is 1.11 bits per heavy atom. The van der Waals surface area contributed by atoms with Crippen LogP contribution in [0.15, 0.2) is 42.5 Å². The fourth-order valence-electron chi connectivity index (χ4n) is 9.78. The van der Waals surface area contributed by atoms with Crippen LogP contribution in [0, 0.1) is 17.3 Å². The summed E-state index contributed by atoms with van der Waals surface area (Å²) >= 11 is 0. The van der Waals surface area contributed by atoms with Gasteiger partial charge < -0.3 is 19.9 Å². The lowest BCUT2D eigenvalue weighted by Crippen LogP contribution is -2.81. The van der Waals surface area contributed by atoms with Crippen molar-refractivity contribution in [3.63, 3.8) is 0 Å². The second-order valence-electron chi connectivity index (χ2n) is 12.7. The summed E-state index contributed by atoms with van der Waals surface area (Å²) in [4.78, 5) is 2.88. The van der Waals surface area contributed by atoms with Gasteiger partial charge in [0.15, 0.2) is 11.5 Å². The molecule has 2 aliphatic heterocycles. The Kier molecular flexibility index (Phi) is 4.57. The molecule has 5 nitrogen and oxygen atoms in total. The first-order valence-corrected chi connectivity index (χ1v) is 14.2. The molecule has 2 heterocycles. The summed E-state index contributed by atoms with van der Waals surface area (Å²) in [5.74, 6) is 2.38. The number of phenols is 1. The van der Waals surface area contributed by atoms with E-state index in [1.54, 1.807) is 0 Å². The molecule has 2 aromatic rings. The highest BCUT2D eigenvalue weighted by Gasteiger charge is 2.80. The van der Waals surface area contributed by atoms with Crippen molar-refractivity contribution in [1.82, 2.24) is 10.2 Å². The van der Waals surface area contributed by atoms with Crippen LogP contribution in [0.3, 0.4) is 0 Å². The van der Waals surface area contributed by atoms with Crippen LogP contribution in [0.1, 0.15) is 55.2 Å². The zero-order valence-corrected chi connectivity index (χ0v) is 21.3. The van der Waals surface area contributed by atoms with Crippen LogP contribution in [-0.4, -0.2) is 54.5 Å². The van der Waals surface area contributed by atoms with E-state index in [2.05, 4.69) is 46.6 Å². The lowest BCUT2D eigenvalue weighted by molar-refractivity contribution is -0.276. The highest BCUT2D eigenvalue weighted by Crippen LogP contribution is 2.76. The number of likely N-dealkylation sites (tertiary alicyclic amines) is 1. The number of rotatable bonds is 7. The smallest absolute Gasteiger partial charge is 0.165 e. The number of hydrogen-bond acceptors (Lipinski definition) is 5. The first kappa shape index (κ1) is 22.0. The number of methoxy groups -OCH3 is 1. The van der Waals surface area contributed by atoms with Crippen molar-refractivity contribution in [3.05, 3.63) is 59.2 Å². The minimum atomic E-state index is -0.325. The number of ether oxygens (including phenoxy) is 2. The van der Waals surface area contributed by atoms with Crippen LogP contribution in [0.5, 0.6) is 11.5 Å². The standard InChI is InChI=1S/C31H38N2O3/c1-35-31-12-11-29(16-23(31)18-32-17-20-5-3-2-4-6-20)25-15-22-9-10-24(34)27-26(22)30(29,28(31)36-27)13-14-33(25)19-21-7-8-21/h2-6,9-10,21,23,25,28,32,34H,7-8,11-19H2,1H3/t23-,25-,28-,29-,30+,31-/m1/s1. The number of benzene rings is 2. The van der Waals surface area contributed by atoms with Gasteiger partial charge >= 0.3 is 0 Å². The summed E-state index contributed by atoms with van der Waals surface area (Å²) in [6.07, 6.45) is 8.44. The number of aromatic hydroxyl groups is 1. The van der Waals surface area contributed by atoms with Crippen LogP contribution in [0.25, 0.3) is 0 Å². The van der Waals surface area contributed by atoms with Crippen molar-refractivity contribution < 1.29 is 14.6 Å². The van der Waals surface area contributed by atoms with Gasteiger partial charge in [0, 0.05) is 55.1 Å². The summed E-state index contributed by atoms with van der Waals surface area (Å²) in [6, 6.07) is 15.3. The van der Waals surface area contributed by atoms with Gasteiger partial charge in [0.05, 0.1) is 0 Å². The summed E-state index contributed by atoms with van der Waals surface area (Å²) < 4.78 is 13.5. The fraction of sp³-hybridized carbons (Fsp3) is 0.613. The van der Waals surface area contributed by atoms with Crippen molar-refractivity contribution in [1.29, 1.82) is 0 Å². The van der Waals surface area contributed by atoms with E-state index in [1.165, 1.54) is 48.9 Å². The normalized spacial score (nSPS) is 39.6. The van der Waals surface area contributed by atoms with E-state index in [-0.39, 0.29) is 22.5 Å². The van der Waals surface area contributed by atoms with Crippen molar-refractivity contribution in [2.45, 2.75) is 74.7 Å². The quantitative estimate of drug-likeness (QED) is 0.607. The second kappa shape index (κ2) is 7.49. The average molecular weight is 487 g/mol. The topological polar surface area (TPSA) is 54.0 Å². The molecular formula is C31H38N2O3. The lowest BCUT2D eigenvalue weighted by atomic mass is 9.35. The maximum absolute atomic E-state index is 11.0. The van der Waals surface area contributed by atoms with Crippen LogP contribution < -0.4 is 10.1 Å². The third kappa shape index (κ3) is 2.62. The van der Waals surface area contributed by atoms with Gasteiger partial charge in [-0.25, -0.2) is 0 Å².